The van der Waals surface area contributed by atoms with Crippen molar-refractivity contribution in [3.8, 4) is 0 Å². The molecule has 1 atom stereocenters. The minimum atomic E-state index is -0.196. The summed E-state index contributed by atoms with van der Waals surface area (Å²) in [7, 11) is 0. The number of anilines is 1. The lowest BCUT2D eigenvalue weighted by molar-refractivity contribution is -0.120. The van der Waals surface area contributed by atoms with E-state index >= 15 is 0 Å². The molecule has 0 radical (unpaired) electrons. The van der Waals surface area contributed by atoms with Gasteiger partial charge in [-0.15, -0.1) is 12.4 Å². The first-order chi connectivity index (χ1) is 11.0. The number of hydrogen-bond acceptors (Lipinski definition) is 3. The third kappa shape index (κ3) is 5.96. The van der Waals surface area contributed by atoms with Gasteiger partial charge in [-0.1, -0.05) is 25.4 Å². The monoisotopic (exact) mass is 373 g/mol. The van der Waals surface area contributed by atoms with Crippen molar-refractivity contribution < 1.29 is 9.59 Å². The average molecular weight is 374 g/mol. The van der Waals surface area contributed by atoms with E-state index in [9.17, 15) is 9.59 Å². The summed E-state index contributed by atoms with van der Waals surface area (Å²) in [6, 6.07) is 4.98. The Morgan fingerprint density at radius 1 is 1.38 bits per heavy atom. The molecular formula is C17H25Cl2N3O2. The van der Waals surface area contributed by atoms with E-state index in [4.69, 9.17) is 11.6 Å². The normalized spacial score (nSPS) is 17.1. The maximum Gasteiger partial charge on any atom is 0.252 e. The number of nitrogens with one attached hydrogen (secondary N) is 3. The van der Waals surface area contributed by atoms with Gasteiger partial charge in [-0.2, -0.15) is 0 Å². The van der Waals surface area contributed by atoms with E-state index in [1.54, 1.807) is 18.2 Å². The van der Waals surface area contributed by atoms with Crippen molar-refractivity contribution in [2.75, 3.05) is 25.0 Å². The first-order valence-corrected chi connectivity index (χ1v) is 8.44. The first-order valence-electron chi connectivity index (χ1n) is 8.06. The van der Waals surface area contributed by atoms with Crippen LogP contribution >= 0.6 is 24.0 Å². The van der Waals surface area contributed by atoms with Gasteiger partial charge in [-0.05, 0) is 43.5 Å². The van der Waals surface area contributed by atoms with Gasteiger partial charge in [0.1, 0.15) is 0 Å². The molecule has 2 rings (SSSR count). The van der Waals surface area contributed by atoms with Crippen LogP contribution in [0, 0.1) is 11.8 Å². The van der Waals surface area contributed by atoms with Crippen LogP contribution in [0.3, 0.4) is 0 Å². The SMILES string of the molecule is CC(C)CNC(=O)c1ccc(NC(=O)C2CCCNC2)cc1Cl.Cl. The first kappa shape index (κ1) is 20.7. The quantitative estimate of drug-likeness (QED) is 0.742. The maximum atomic E-state index is 12.2. The predicted molar refractivity (Wildman–Crippen MR) is 100 cm³/mol. The highest BCUT2D eigenvalue weighted by Gasteiger charge is 2.21. The van der Waals surface area contributed by atoms with Crippen molar-refractivity contribution in [1.29, 1.82) is 0 Å². The molecule has 0 spiro atoms. The van der Waals surface area contributed by atoms with Gasteiger partial charge in [-0.3, -0.25) is 9.59 Å². The zero-order valence-electron chi connectivity index (χ0n) is 14.0. The van der Waals surface area contributed by atoms with Crippen LogP contribution in [0.5, 0.6) is 0 Å². The smallest absolute Gasteiger partial charge is 0.252 e. The van der Waals surface area contributed by atoms with Crippen LogP contribution in [0.1, 0.15) is 37.0 Å². The molecule has 5 nitrogen and oxygen atoms in total. The molecule has 0 aromatic heterocycles. The molecule has 134 valence electrons. The summed E-state index contributed by atoms with van der Waals surface area (Å²) in [5, 5.41) is 9.26. The Hall–Kier alpha value is -1.30. The zero-order chi connectivity index (χ0) is 16.8. The maximum absolute atomic E-state index is 12.2. The van der Waals surface area contributed by atoms with Gasteiger partial charge in [0, 0.05) is 18.8 Å². The summed E-state index contributed by atoms with van der Waals surface area (Å²) in [5.41, 5.74) is 1.04. The number of piperidine rings is 1. The molecule has 0 bridgehead atoms. The van der Waals surface area contributed by atoms with Crippen LogP contribution in [0.15, 0.2) is 18.2 Å². The van der Waals surface area contributed by atoms with Gasteiger partial charge in [0.05, 0.1) is 16.5 Å². The number of halogens is 2. The lowest BCUT2D eigenvalue weighted by atomic mass is 9.99. The van der Waals surface area contributed by atoms with E-state index in [1.165, 1.54) is 0 Å². The minimum absolute atomic E-state index is 0. The second-order valence-corrected chi connectivity index (χ2v) is 6.74. The molecule has 1 heterocycles. The lowest BCUT2D eigenvalue weighted by Crippen LogP contribution is -2.37. The van der Waals surface area contributed by atoms with Crippen molar-refractivity contribution in [3.63, 3.8) is 0 Å². The Labute approximate surface area is 154 Å². The molecule has 3 N–H and O–H groups in total. The molecule has 1 fully saturated rings. The fourth-order valence-electron chi connectivity index (χ4n) is 2.49. The Balaban J connectivity index is 0.00000288. The van der Waals surface area contributed by atoms with Crippen LogP contribution < -0.4 is 16.0 Å². The Morgan fingerprint density at radius 2 is 2.12 bits per heavy atom. The molecule has 7 heteroatoms. The fourth-order valence-corrected chi connectivity index (χ4v) is 2.76. The van der Waals surface area contributed by atoms with Gasteiger partial charge >= 0.3 is 0 Å². The lowest BCUT2D eigenvalue weighted by Gasteiger charge is -2.22. The van der Waals surface area contributed by atoms with Crippen molar-refractivity contribution in [3.05, 3.63) is 28.8 Å². The third-order valence-electron chi connectivity index (χ3n) is 3.82. The van der Waals surface area contributed by atoms with E-state index in [1.807, 2.05) is 13.8 Å². The highest BCUT2D eigenvalue weighted by Crippen LogP contribution is 2.22. The second kappa shape index (κ2) is 9.87. The molecule has 1 aromatic rings. The summed E-state index contributed by atoms with van der Waals surface area (Å²) >= 11 is 6.18. The van der Waals surface area contributed by atoms with Crippen LogP contribution in [0.2, 0.25) is 5.02 Å². The Kier molecular flexibility index (Phi) is 8.53. The fraction of sp³-hybridized carbons (Fsp3) is 0.529. The van der Waals surface area contributed by atoms with Gasteiger partial charge in [-0.25, -0.2) is 0 Å². The predicted octanol–water partition coefficient (Wildman–Crippen LogP) is 3.09. The van der Waals surface area contributed by atoms with Gasteiger partial charge in [0.15, 0.2) is 0 Å². The zero-order valence-corrected chi connectivity index (χ0v) is 15.6. The number of hydrogen-bond donors (Lipinski definition) is 3. The number of carbonyl (C=O) groups is 2. The second-order valence-electron chi connectivity index (χ2n) is 6.33. The van der Waals surface area contributed by atoms with E-state index in [0.717, 1.165) is 19.4 Å². The summed E-state index contributed by atoms with van der Waals surface area (Å²) in [6.07, 6.45) is 1.90. The molecule has 1 aliphatic heterocycles. The highest BCUT2D eigenvalue weighted by molar-refractivity contribution is 6.34. The van der Waals surface area contributed by atoms with Gasteiger partial charge in [0.2, 0.25) is 5.91 Å². The van der Waals surface area contributed by atoms with Gasteiger partial charge < -0.3 is 16.0 Å². The molecule has 1 aliphatic rings. The van der Waals surface area contributed by atoms with Crippen LogP contribution in [0.25, 0.3) is 0 Å². The largest absolute Gasteiger partial charge is 0.352 e. The summed E-state index contributed by atoms with van der Waals surface area (Å²) < 4.78 is 0. The standard InChI is InChI=1S/C17H24ClN3O2.ClH/c1-11(2)9-20-17(23)14-6-5-13(8-15(14)18)21-16(22)12-4-3-7-19-10-12;/h5-6,8,11-12,19H,3-4,7,9-10H2,1-2H3,(H,20,23)(H,21,22);1H. The van der Waals surface area contributed by atoms with Crippen LogP contribution in [0.4, 0.5) is 5.69 Å². The van der Waals surface area contributed by atoms with Crippen molar-refractivity contribution >= 4 is 41.5 Å². The molecular weight excluding hydrogens is 349 g/mol. The molecule has 0 aliphatic carbocycles. The Morgan fingerprint density at radius 3 is 2.71 bits per heavy atom. The number of amides is 2. The molecule has 2 amide bonds. The van der Waals surface area contributed by atoms with E-state index < -0.39 is 0 Å². The van der Waals surface area contributed by atoms with Gasteiger partial charge in [0.25, 0.3) is 5.91 Å². The highest BCUT2D eigenvalue weighted by atomic mass is 35.5. The summed E-state index contributed by atoms with van der Waals surface area (Å²) in [5.74, 6) is 0.153. The average Bonchev–Trinajstić information content (AvgIpc) is 2.53. The van der Waals surface area contributed by atoms with E-state index in [-0.39, 0.29) is 30.1 Å². The summed E-state index contributed by atoms with van der Waals surface area (Å²) in [6.45, 7) is 6.33. The third-order valence-corrected chi connectivity index (χ3v) is 4.13. The minimum Gasteiger partial charge on any atom is -0.352 e. The van der Waals surface area contributed by atoms with E-state index in [0.29, 0.717) is 35.3 Å². The molecule has 24 heavy (non-hydrogen) atoms. The number of carbonyl (C=O) groups excluding carboxylic acids is 2. The van der Waals surface area contributed by atoms with Crippen LogP contribution in [-0.4, -0.2) is 31.4 Å². The van der Waals surface area contributed by atoms with Crippen molar-refractivity contribution in [2.45, 2.75) is 26.7 Å². The molecule has 1 saturated heterocycles. The molecule has 1 unspecified atom stereocenters. The van der Waals surface area contributed by atoms with E-state index in [2.05, 4.69) is 16.0 Å². The number of benzene rings is 1. The van der Waals surface area contributed by atoms with Crippen LogP contribution in [-0.2, 0) is 4.79 Å². The molecule has 1 aromatic carbocycles. The topological polar surface area (TPSA) is 70.2 Å². The number of rotatable bonds is 5. The van der Waals surface area contributed by atoms with Crippen molar-refractivity contribution in [1.82, 2.24) is 10.6 Å². The van der Waals surface area contributed by atoms with Crippen molar-refractivity contribution in [2.24, 2.45) is 11.8 Å². The molecule has 0 saturated carbocycles. The Bertz CT molecular complexity index is 573. The summed E-state index contributed by atoms with van der Waals surface area (Å²) in [4.78, 5) is 24.3.